The van der Waals surface area contributed by atoms with Crippen LogP contribution in [-0.4, -0.2) is 0 Å². The standard InChI is InChI=1S/C26H28/c1-17-10-12-21-22-13-11-18(2)15-24(22)26(6,23(21)14-17)20-9-7-8-19(16-20)25(3,4)5/h7-16H,1-6H3. The summed E-state index contributed by atoms with van der Waals surface area (Å²) in [5.74, 6) is 0. The molecule has 0 fully saturated rings. The van der Waals surface area contributed by atoms with Crippen molar-refractivity contribution in [1.29, 1.82) is 0 Å². The van der Waals surface area contributed by atoms with E-state index in [1.54, 1.807) is 0 Å². The molecule has 0 atom stereocenters. The number of benzene rings is 3. The lowest BCUT2D eigenvalue weighted by molar-refractivity contribution is 0.586. The lowest BCUT2D eigenvalue weighted by Gasteiger charge is -2.30. The Balaban J connectivity index is 2.04. The Morgan fingerprint density at radius 1 is 0.692 bits per heavy atom. The maximum Gasteiger partial charge on any atom is 0.0435 e. The molecule has 0 spiro atoms. The lowest BCUT2D eigenvalue weighted by atomic mass is 9.72. The van der Waals surface area contributed by atoms with Gasteiger partial charge in [-0.05, 0) is 59.6 Å². The second-order valence-electron chi connectivity index (χ2n) is 9.05. The van der Waals surface area contributed by atoms with Crippen molar-refractivity contribution in [2.45, 2.75) is 52.4 Å². The van der Waals surface area contributed by atoms with Gasteiger partial charge in [0, 0.05) is 5.41 Å². The van der Waals surface area contributed by atoms with Crippen molar-refractivity contribution in [3.8, 4) is 11.1 Å². The summed E-state index contributed by atoms with van der Waals surface area (Å²) < 4.78 is 0. The molecular weight excluding hydrogens is 312 g/mol. The van der Waals surface area contributed by atoms with Gasteiger partial charge in [0.2, 0.25) is 0 Å². The first-order valence-electron chi connectivity index (χ1n) is 9.55. The monoisotopic (exact) mass is 340 g/mol. The summed E-state index contributed by atoms with van der Waals surface area (Å²) in [7, 11) is 0. The van der Waals surface area contributed by atoms with Gasteiger partial charge in [-0.3, -0.25) is 0 Å². The van der Waals surface area contributed by atoms with Crippen LogP contribution in [0.4, 0.5) is 0 Å². The molecule has 0 aromatic heterocycles. The van der Waals surface area contributed by atoms with Gasteiger partial charge in [-0.2, -0.15) is 0 Å². The third-order valence-electron chi connectivity index (χ3n) is 6.02. The molecule has 0 amide bonds. The molecule has 26 heavy (non-hydrogen) atoms. The van der Waals surface area contributed by atoms with Crippen LogP contribution in [0.1, 0.15) is 61.1 Å². The van der Waals surface area contributed by atoms with E-state index in [-0.39, 0.29) is 10.8 Å². The molecule has 3 aromatic carbocycles. The van der Waals surface area contributed by atoms with Crippen LogP contribution in [0.5, 0.6) is 0 Å². The van der Waals surface area contributed by atoms with E-state index in [0.29, 0.717) is 0 Å². The Morgan fingerprint density at radius 2 is 1.23 bits per heavy atom. The highest BCUT2D eigenvalue weighted by Crippen LogP contribution is 2.53. The number of aryl methyl sites for hydroxylation is 2. The minimum Gasteiger partial charge on any atom is -0.0617 e. The SMILES string of the molecule is Cc1ccc2c(c1)C(C)(c1cccc(C(C)(C)C)c1)c1cc(C)ccc1-2. The van der Waals surface area contributed by atoms with E-state index in [0.717, 1.165) is 0 Å². The van der Waals surface area contributed by atoms with Gasteiger partial charge in [-0.1, -0.05) is 92.6 Å². The smallest absolute Gasteiger partial charge is 0.0435 e. The maximum atomic E-state index is 2.42. The molecule has 132 valence electrons. The van der Waals surface area contributed by atoms with Crippen LogP contribution in [0.25, 0.3) is 11.1 Å². The van der Waals surface area contributed by atoms with Crippen molar-refractivity contribution in [3.63, 3.8) is 0 Å². The Hall–Kier alpha value is -2.34. The number of fused-ring (bicyclic) bond motifs is 3. The molecule has 4 rings (SSSR count). The molecular formula is C26H28. The Morgan fingerprint density at radius 3 is 1.73 bits per heavy atom. The third-order valence-corrected chi connectivity index (χ3v) is 6.02. The van der Waals surface area contributed by atoms with Gasteiger partial charge >= 0.3 is 0 Å². The summed E-state index contributed by atoms with van der Waals surface area (Å²) in [5, 5.41) is 0. The average Bonchev–Trinajstić information content (AvgIpc) is 2.84. The van der Waals surface area contributed by atoms with Crippen molar-refractivity contribution < 1.29 is 0 Å². The quantitative estimate of drug-likeness (QED) is 0.450. The van der Waals surface area contributed by atoms with E-state index < -0.39 is 0 Å². The molecule has 0 N–H and O–H groups in total. The molecule has 0 unspecified atom stereocenters. The molecule has 0 bridgehead atoms. The molecule has 1 aliphatic rings. The fraction of sp³-hybridized carbons (Fsp3) is 0.308. The largest absolute Gasteiger partial charge is 0.0617 e. The van der Waals surface area contributed by atoms with E-state index in [1.807, 2.05) is 0 Å². The van der Waals surface area contributed by atoms with Gasteiger partial charge in [0.25, 0.3) is 0 Å². The maximum absolute atomic E-state index is 2.42. The van der Waals surface area contributed by atoms with Crippen LogP contribution >= 0.6 is 0 Å². The second-order valence-corrected chi connectivity index (χ2v) is 9.05. The molecule has 0 heterocycles. The average molecular weight is 341 g/mol. The summed E-state index contributed by atoms with van der Waals surface area (Å²) in [4.78, 5) is 0. The summed E-state index contributed by atoms with van der Waals surface area (Å²) >= 11 is 0. The second kappa shape index (κ2) is 5.58. The molecule has 0 aliphatic heterocycles. The summed E-state index contributed by atoms with van der Waals surface area (Å²) in [6, 6.07) is 23.1. The zero-order valence-corrected chi connectivity index (χ0v) is 16.8. The first-order chi connectivity index (χ1) is 12.2. The van der Waals surface area contributed by atoms with E-state index in [9.17, 15) is 0 Å². The summed E-state index contributed by atoms with van der Waals surface area (Å²) in [6.45, 7) is 13.7. The first-order valence-corrected chi connectivity index (χ1v) is 9.55. The van der Waals surface area contributed by atoms with Gasteiger partial charge in [0.05, 0.1) is 0 Å². The topological polar surface area (TPSA) is 0 Å². The van der Waals surface area contributed by atoms with Crippen LogP contribution in [-0.2, 0) is 10.8 Å². The van der Waals surface area contributed by atoms with Crippen molar-refractivity contribution >= 4 is 0 Å². The van der Waals surface area contributed by atoms with Crippen LogP contribution in [0.15, 0.2) is 60.7 Å². The minimum atomic E-state index is -0.107. The molecule has 0 radical (unpaired) electrons. The predicted molar refractivity (Wildman–Crippen MR) is 112 cm³/mol. The zero-order valence-electron chi connectivity index (χ0n) is 16.8. The van der Waals surface area contributed by atoms with Crippen LogP contribution in [0.3, 0.4) is 0 Å². The Bertz CT molecular complexity index is 947. The molecule has 1 aliphatic carbocycles. The molecule has 0 saturated carbocycles. The van der Waals surface area contributed by atoms with Gasteiger partial charge in [0.1, 0.15) is 0 Å². The minimum absolute atomic E-state index is 0.107. The lowest BCUT2D eigenvalue weighted by Crippen LogP contribution is -2.24. The van der Waals surface area contributed by atoms with Crippen LogP contribution < -0.4 is 0 Å². The highest BCUT2D eigenvalue weighted by Gasteiger charge is 2.41. The fourth-order valence-electron chi connectivity index (χ4n) is 4.37. The Labute approximate surface area is 157 Å². The predicted octanol–water partition coefficient (Wildman–Crippen LogP) is 6.94. The third kappa shape index (κ3) is 2.43. The van der Waals surface area contributed by atoms with Gasteiger partial charge in [-0.15, -0.1) is 0 Å². The van der Waals surface area contributed by atoms with E-state index in [1.165, 1.54) is 44.5 Å². The van der Waals surface area contributed by atoms with E-state index in [4.69, 9.17) is 0 Å². The van der Waals surface area contributed by atoms with Crippen molar-refractivity contribution in [2.24, 2.45) is 0 Å². The van der Waals surface area contributed by atoms with Gasteiger partial charge in [0.15, 0.2) is 0 Å². The van der Waals surface area contributed by atoms with E-state index >= 15 is 0 Å². The molecule has 0 nitrogen and oxygen atoms in total. The van der Waals surface area contributed by atoms with Crippen LogP contribution in [0, 0.1) is 13.8 Å². The number of hydrogen-bond acceptors (Lipinski definition) is 0. The van der Waals surface area contributed by atoms with Crippen molar-refractivity contribution in [3.05, 3.63) is 94.0 Å². The number of hydrogen-bond donors (Lipinski definition) is 0. The normalized spacial score (nSPS) is 14.8. The number of rotatable bonds is 1. The summed E-state index contributed by atoms with van der Waals surface area (Å²) in [5.41, 5.74) is 11.1. The van der Waals surface area contributed by atoms with E-state index in [2.05, 4.69) is 102 Å². The Kier molecular flexibility index (Phi) is 3.67. The molecule has 0 heteroatoms. The van der Waals surface area contributed by atoms with Gasteiger partial charge in [-0.25, -0.2) is 0 Å². The van der Waals surface area contributed by atoms with Gasteiger partial charge < -0.3 is 0 Å². The molecule has 0 saturated heterocycles. The first kappa shape index (κ1) is 17.1. The van der Waals surface area contributed by atoms with Crippen molar-refractivity contribution in [2.75, 3.05) is 0 Å². The fourth-order valence-corrected chi connectivity index (χ4v) is 4.37. The van der Waals surface area contributed by atoms with Crippen molar-refractivity contribution in [1.82, 2.24) is 0 Å². The summed E-state index contributed by atoms with van der Waals surface area (Å²) in [6.07, 6.45) is 0. The van der Waals surface area contributed by atoms with Crippen LogP contribution in [0.2, 0.25) is 0 Å². The highest BCUT2D eigenvalue weighted by molar-refractivity contribution is 5.83. The highest BCUT2D eigenvalue weighted by atomic mass is 14.4. The molecule has 3 aromatic rings. The zero-order chi connectivity index (χ0) is 18.7.